The minimum atomic E-state index is -0.208. The molecule has 1 amide bonds. The SMILES string of the molecule is CN(C)CCCNc1cc(C(=O)NCCc2cccc(Cl)c2)ncn1. The average molecular weight is 362 g/mol. The van der Waals surface area contributed by atoms with Gasteiger partial charge in [-0.2, -0.15) is 0 Å². The fourth-order valence-corrected chi connectivity index (χ4v) is 2.51. The molecular formula is C18H24ClN5O. The molecule has 2 aromatic rings. The maximum Gasteiger partial charge on any atom is 0.270 e. The van der Waals surface area contributed by atoms with E-state index in [9.17, 15) is 4.79 Å². The molecule has 0 bridgehead atoms. The Morgan fingerprint density at radius 3 is 2.80 bits per heavy atom. The molecule has 0 unspecified atom stereocenters. The van der Waals surface area contributed by atoms with Crippen LogP contribution in [0.4, 0.5) is 5.82 Å². The minimum Gasteiger partial charge on any atom is -0.370 e. The fraction of sp³-hybridized carbons (Fsp3) is 0.389. The molecule has 2 rings (SSSR count). The second-order valence-electron chi connectivity index (χ2n) is 6.01. The third-order valence-electron chi connectivity index (χ3n) is 3.58. The largest absolute Gasteiger partial charge is 0.370 e. The van der Waals surface area contributed by atoms with E-state index in [0.29, 0.717) is 29.5 Å². The van der Waals surface area contributed by atoms with Gasteiger partial charge in [-0.15, -0.1) is 0 Å². The first-order valence-corrected chi connectivity index (χ1v) is 8.65. The monoisotopic (exact) mass is 361 g/mol. The average Bonchev–Trinajstić information content (AvgIpc) is 2.59. The van der Waals surface area contributed by atoms with Crippen LogP contribution < -0.4 is 10.6 Å². The van der Waals surface area contributed by atoms with Crippen LogP contribution in [0.3, 0.4) is 0 Å². The first kappa shape index (κ1) is 19.1. The minimum absolute atomic E-state index is 0.208. The number of nitrogens with one attached hydrogen (secondary N) is 2. The Balaban J connectivity index is 1.79. The zero-order valence-electron chi connectivity index (χ0n) is 14.6. The summed E-state index contributed by atoms with van der Waals surface area (Å²) in [6, 6.07) is 9.28. The van der Waals surface area contributed by atoms with Crippen molar-refractivity contribution in [2.45, 2.75) is 12.8 Å². The number of aromatic nitrogens is 2. The van der Waals surface area contributed by atoms with Gasteiger partial charge in [-0.25, -0.2) is 9.97 Å². The zero-order valence-corrected chi connectivity index (χ0v) is 15.4. The van der Waals surface area contributed by atoms with E-state index >= 15 is 0 Å². The molecule has 0 aliphatic rings. The summed E-state index contributed by atoms with van der Waals surface area (Å²) in [5, 5.41) is 6.78. The highest BCUT2D eigenvalue weighted by Crippen LogP contribution is 2.10. The highest BCUT2D eigenvalue weighted by atomic mass is 35.5. The van der Waals surface area contributed by atoms with E-state index < -0.39 is 0 Å². The predicted octanol–water partition coefficient (Wildman–Crippen LogP) is 2.47. The maximum atomic E-state index is 12.2. The Morgan fingerprint density at radius 1 is 1.20 bits per heavy atom. The molecule has 0 fully saturated rings. The Labute approximate surface area is 153 Å². The lowest BCUT2D eigenvalue weighted by Gasteiger charge is -2.10. The molecule has 0 saturated carbocycles. The third-order valence-corrected chi connectivity index (χ3v) is 3.81. The van der Waals surface area contributed by atoms with Crippen molar-refractivity contribution in [3.05, 3.63) is 52.9 Å². The number of rotatable bonds is 9. The molecule has 0 saturated heterocycles. The number of halogens is 1. The molecule has 2 N–H and O–H groups in total. The van der Waals surface area contributed by atoms with Crippen LogP contribution in [0.1, 0.15) is 22.5 Å². The van der Waals surface area contributed by atoms with E-state index in [1.165, 1.54) is 6.33 Å². The number of carbonyl (C=O) groups is 1. The summed E-state index contributed by atoms with van der Waals surface area (Å²) >= 11 is 5.96. The number of nitrogens with zero attached hydrogens (tertiary/aromatic N) is 3. The van der Waals surface area contributed by atoms with E-state index in [1.807, 2.05) is 38.4 Å². The van der Waals surface area contributed by atoms with Crippen molar-refractivity contribution in [2.24, 2.45) is 0 Å². The molecule has 0 aliphatic heterocycles. The number of hydrogen-bond donors (Lipinski definition) is 2. The van der Waals surface area contributed by atoms with Crippen LogP contribution in [-0.2, 0) is 6.42 Å². The van der Waals surface area contributed by atoms with Gasteiger partial charge in [0.1, 0.15) is 17.8 Å². The van der Waals surface area contributed by atoms with Gasteiger partial charge in [0.25, 0.3) is 5.91 Å². The van der Waals surface area contributed by atoms with Gasteiger partial charge < -0.3 is 15.5 Å². The summed E-state index contributed by atoms with van der Waals surface area (Å²) < 4.78 is 0. The lowest BCUT2D eigenvalue weighted by molar-refractivity contribution is 0.0949. The van der Waals surface area contributed by atoms with Crippen molar-refractivity contribution in [2.75, 3.05) is 39.0 Å². The first-order chi connectivity index (χ1) is 12.0. The summed E-state index contributed by atoms with van der Waals surface area (Å²) in [6.07, 6.45) is 3.12. The molecule has 0 radical (unpaired) electrons. The highest BCUT2D eigenvalue weighted by molar-refractivity contribution is 6.30. The molecule has 7 heteroatoms. The van der Waals surface area contributed by atoms with Crippen molar-refractivity contribution in [1.29, 1.82) is 0 Å². The number of carbonyl (C=O) groups excluding carboxylic acids is 1. The lowest BCUT2D eigenvalue weighted by Crippen LogP contribution is -2.26. The first-order valence-electron chi connectivity index (χ1n) is 8.28. The predicted molar refractivity (Wildman–Crippen MR) is 101 cm³/mol. The number of hydrogen-bond acceptors (Lipinski definition) is 5. The molecule has 0 aliphatic carbocycles. The topological polar surface area (TPSA) is 70.2 Å². The van der Waals surface area contributed by atoms with Crippen molar-refractivity contribution in [3.8, 4) is 0 Å². The van der Waals surface area contributed by atoms with E-state index in [4.69, 9.17) is 11.6 Å². The molecule has 134 valence electrons. The van der Waals surface area contributed by atoms with Crippen molar-refractivity contribution in [3.63, 3.8) is 0 Å². The van der Waals surface area contributed by atoms with Crippen molar-refractivity contribution >= 4 is 23.3 Å². The van der Waals surface area contributed by atoms with Gasteiger partial charge in [0, 0.05) is 24.2 Å². The van der Waals surface area contributed by atoms with Gasteiger partial charge in [0.2, 0.25) is 0 Å². The second kappa shape index (κ2) is 9.96. The zero-order chi connectivity index (χ0) is 18.1. The summed E-state index contributed by atoms with van der Waals surface area (Å²) in [6.45, 7) is 2.31. The molecule has 1 aromatic heterocycles. The molecule has 1 aromatic carbocycles. The molecule has 1 heterocycles. The van der Waals surface area contributed by atoms with Crippen LogP contribution in [0.25, 0.3) is 0 Å². The number of amides is 1. The van der Waals surface area contributed by atoms with Crippen LogP contribution in [-0.4, -0.2) is 54.5 Å². The highest BCUT2D eigenvalue weighted by Gasteiger charge is 2.08. The summed E-state index contributed by atoms with van der Waals surface area (Å²) in [4.78, 5) is 22.5. The Morgan fingerprint density at radius 2 is 2.04 bits per heavy atom. The molecule has 0 atom stereocenters. The Kier molecular flexibility index (Phi) is 7.63. The molecule has 25 heavy (non-hydrogen) atoms. The summed E-state index contributed by atoms with van der Waals surface area (Å²) in [5.74, 6) is 0.453. The summed E-state index contributed by atoms with van der Waals surface area (Å²) in [5.41, 5.74) is 1.44. The smallest absolute Gasteiger partial charge is 0.270 e. The molecule has 6 nitrogen and oxygen atoms in total. The van der Waals surface area contributed by atoms with E-state index in [-0.39, 0.29) is 5.91 Å². The van der Waals surface area contributed by atoms with Crippen LogP contribution >= 0.6 is 11.6 Å². The van der Waals surface area contributed by atoms with Gasteiger partial charge in [-0.3, -0.25) is 4.79 Å². The van der Waals surface area contributed by atoms with Crippen molar-refractivity contribution in [1.82, 2.24) is 20.2 Å². The lowest BCUT2D eigenvalue weighted by atomic mass is 10.1. The van der Waals surface area contributed by atoms with Gasteiger partial charge in [-0.05, 0) is 51.2 Å². The van der Waals surface area contributed by atoms with Crippen LogP contribution in [0.5, 0.6) is 0 Å². The second-order valence-corrected chi connectivity index (χ2v) is 6.44. The number of anilines is 1. The van der Waals surface area contributed by atoms with E-state index in [0.717, 1.165) is 25.1 Å². The normalized spacial score (nSPS) is 10.7. The van der Waals surface area contributed by atoms with Crippen LogP contribution in [0.2, 0.25) is 5.02 Å². The third kappa shape index (κ3) is 7.07. The number of benzene rings is 1. The Hall–Kier alpha value is -2.18. The van der Waals surface area contributed by atoms with Gasteiger partial charge in [0.05, 0.1) is 0 Å². The maximum absolute atomic E-state index is 12.2. The van der Waals surface area contributed by atoms with Crippen molar-refractivity contribution < 1.29 is 4.79 Å². The molecular weight excluding hydrogens is 338 g/mol. The Bertz CT molecular complexity index is 693. The standard InChI is InChI=1S/C18H24ClN5O/c1-24(2)10-4-8-20-17-12-16(22-13-23-17)18(25)21-9-7-14-5-3-6-15(19)11-14/h3,5-6,11-13H,4,7-10H2,1-2H3,(H,21,25)(H,20,22,23). The van der Waals surface area contributed by atoms with Crippen LogP contribution in [0, 0.1) is 0 Å². The van der Waals surface area contributed by atoms with Gasteiger partial charge >= 0.3 is 0 Å². The van der Waals surface area contributed by atoms with E-state index in [1.54, 1.807) is 6.07 Å². The van der Waals surface area contributed by atoms with Gasteiger partial charge in [-0.1, -0.05) is 23.7 Å². The van der Waals surface area contributed by atoms with Gasteiger partial charge in [0.15, 0.2) is 0 Å². The van der Waals surface area contributed by atoms with E-state index in [2.05, 4.69) is 25.5 Å². The fourth-order valence-electron chi connectivity index (χ4n) is 2.29. The molecule has 0 spiro atoms. The van der Waals surface area contributed by atoms with Crippen LogP contribution in [0.15, 0.2) is 36.7 Å². The quantitative estimate of drug-likeness (QED) is 0.671. The summed E-state index contributed by atoms with van der Waals surface area (Å²) in [7, 11) is 4.08.